The molecule has 2 N–H and O–H groups in total. The number of nitrogens with one attached hydrogen (secondary N) is 2. The molecule has 130 valence electrons. The van der Waals surface area contributed by atoms with Crippen molar-refractivity contribution in [1.29, 1.82) is 0 Å². The van der Waals surface area contributed by atoms with Crippen molar-refractivity contribution < 1.29 is 18.0 Å². The predicted molar refractivity (Wildman–Crippen MR) is 87.9 cm³/mol. The molecular formula is C16H17BrF3N3O. The highest BCUT2D eigenvalue weighted by Crippen LogP contribution is 2.32. The number of carbonyl (C=O) groups excluding carboxylic acids is 1. The highest BCUT2D eigenvalue weighted by Gasteiger charge is 2.32. The van der Waals surface area contributed by atoms with Gasteiger partial charge in [-0.25, -0.2) is 0 Å². The minimum Gasteiger partial charge on any atom is -0.350 e. The van der Waals surface area contributed by atoms with Gasteiger partial charge in [0, 0.05) is 6.54 Å². The molecule has 24 heavy (non-hydrogen) atoms. The number of hydrogen-bond donors (Lipinski definition) is 2. The van der Waals surface area contributed by atoms with Gasteiger partial charge in [-0.15, -0.1) is 0 Å². The molecule has 0 fully saturated rings. The molecule has 0 saturated carbocycles. The van der Waals surface area contributed by atoms with Gasteiger partial charge in [0.05, 0.1) is 15.7 Å². The molecule has 1 aromatic carbocycles. The van der Waals surface area contributed by atoms with E-state index in [1.807, 2.05) is 13.8 Å². The van der Waals surface area contributed by atoms with E-state index in [0.29, 0.717) is 4.47 Å². The third-order valence-corrected chi connectivity index (χ3v) is 4.33. The molecule has 0 unspecified atom stereocenters. The van der Waals surface area contributed by atoms with Crippen LogP contribution >= 0.6 is 15.9 Å². The molecule has 0 aliphatic rings. The summed E-state index contributed by atoms with van der Waals surface area (Å²) in [5.41, 5.74) is 0.460. The summed E-state index contributed by atoms with van der Waals surface area (Å²) in [6.45, 7) is 3.99. The molecule has 8 heteroatoms. The maximum atomic E-state index is 12.9. The molecule has 0 aliphatic carbocycles. The molecule has 0 atom stereocenters. The number of aromatic amines is 1. The fourth-order valence-electron chi connectivity index (χ4n) is 2.28. The Hall–Kier alpha value is -1.83. The average Bonchev–Trinajstić information content (AvgIpc) is 2.88. The topological polar surface area (TPSA) is 57.8 Å². The van der Waals surface area contributed by atoms with Crippen LogP contribution in [0.3, 0.4) is 0 Å². The molecular weight excluding hydrogens is 387 g/mol. The third kappa shape index (κ3) is 4.17. The number of hydrogen-bond acceptors (Lipinski definition) is 2. The molecule has 0 saturated heterocycles. The summed E-state index contributed by atoms with van der Waals surface area (Å²) < 4.78 is 39.3. The Morgan fingerprint density at radius 1 is 1.33 bits per heavy atom. The van der Waals surface area contributed by atoms with Crippen molar-refractivity contribution in [2.75, 3.05) is 6.54 Å². The Morgan fingerprint density at radius 3 is 2.58 bits per heavy atom. The summed E-state index contributed by atoms with van der Waals surface area (Å²) in [4.78, 5) is 12.1. The van der Waals surface area contributed by atoms with Crippen LogP contribution in [0.15, 0.2) is 28.7 Å². The predicted octanol–water partition coefficient (Wildman–Crippen LogP) is 4.29. The van der Waals surface area contributed by atoms with Crippen molar-refractivity contribution in [3.63, 3.8) is 0 Å². The lowest BCUT2D eigenvalue weighted by atomic mass is 10.0. The van der Waals surface area contributed by atoms with Crippen LogP contribution in [-0.2, 0) is 12.6 Å². The van der Waals surface area contributed by atoms with Gasteiger partial charge in [-0.3, -0.25) is 9.89 Å². The number of H-pyrrole nitrogens is 1. The Bertz CT molecular complexity index is 726. The number of alkyl halides is 3. The monoisotopic (exact) mass is 403 g/mol. The van der Waals surface area contributed by atoms with Crippen LogP contribution < -0.4 is 5.32 Å². The minimum atomic E-state index is -4.40. The molecule has 2 rings (SSSR count). The molecule has 0 radical (unpaired) electrons. The summed E-state index contributed by atoms with van der Waals surface area (Å²) in [7, 11) is 0. The molecule has 1 amide bonds. The molecule has 1 aromatic heterocycles. The number of halogens is 4. The number of carbonyl (C=O) groups is 1. The fraction of sp³-hybridized carbons (Fsp3) is 0.375. The minimum absolute atomic E-state index is 0.0838. The zero-order valence-corrected chi connectivity index (χ0v) is 14.8. The van der Waals surface area contributed by atoms with E-state index in [2.05, 4.69) is 31.4 Å². The second-order valence-electron chi connectivity index (χ2n) is 5.62. The van der Waals surface area contributed by atoms with Crippen LogP contribution in [-0.4, -0.2) is 22.6 Å². The van der Waals surface area contributed by atoms with E-state index in [1.54, 1.807) is 6.07 Å². The van der Waals surface area contributed by atoms with E-state index in [0.717, 1.165) is 11.8 Å². The van der Waals surface area contributed by atoms with Crippen molar-refractivity contribution >= 4 is 21.8 Å². The number of amides is 1. The fourth-order valence-corrected chi connectivity index (χ4v) is 3.10. The van der Waals surface area contributed by atoms with Crippen molar-refractivity contribution in [1.82, 2.24) is 15.5 Å². The van der Waals surface area contributed by atoms with Crippen LogP contribution in [0.1, 0.15) is 47.1 Å². The Labute approximate surface area is 146 Å². The molecule has 1 heterocycles. The van der Waals surface area contributed by atoms with E-state index in [-0.39, 0.29) is 30.1 Å². The van der Waals surface area contributed by atoms with Gasteiger partial charge in [-0.1, -0.05) is 32.0 Å². The van der Waals surface area contributed by atoms with Gasteiger partial charge in [-0.05, 0) is 39.9 Å². The summed E-state index contributed by atoms with van der Waals surface area (Å²) in [5, 5.41) is 9.34. The first kappa shape index (κ1) is 18.5. The number of rotatable bonds is 5. The van der Waals surface area contributed by atoms with Gasteiger partial charge in [0.2, 0.25) is 0 Å². The van der Waals surface area contributed by atoms with Gasteiger partial charge >= 0.3 is 6.18 Å². The van der Waals surface area contributed by atoms with E-state index in [9.17, 15) is 18.0 Å². The van der Waals surface area contributed by atoms with Crippen LogP contribution in [0.25, 0.3) is 0 Å². The average molecular weight is 404 g/mol. The van der Waals surface area contributed by atoms with Gasteiger partial charge in [0.25, 0.3) is 5.91 Å². The summed E-state index contributed by atoms with van der Waals surface area (Å²) >= 11 is 3.32. The van der Waals surface area contributed by atoms with Crippen LogP contribution in [0.4, 0.5) is 13.2 Å². The van der Waals surface area contributed by atoms with Crippen LogP contribution in [0, 0.1) is 0 Å². The number of aromatic nitrogens is 2. The summed E-state index contributed by atoms with van der Waals surface area (Å²) in [6.07, 6.45) is -4.32. The largest absolute Gasteiger partial charge is 0.416 e. The lowest BCUT2D eigenvalue weighted by Gasteiger charge is -2.12. The molecule has 0 aliphatic heterocycles. The third-order valence-electron chi connectivity index (χ3n) is 3.53. The highest BCUT2D eigenvalue weighted by molar-refractivity contribution is 9.10. The standard InChI is InChI=1S/C16H17BrF3N3O/c1-9(2)13-12(17)14(23-22-13)15(24)21-8-7-10-5-3-4-6-11(10)16(18,19)20/h3-6,9H,7-8H2,1-2H3,(H,21,24)(H,22,23). The maximum Gasteiger partial charge on any atom is 0.416 e. The van der Waals surface area contributed by atoms with Crippen LogP contribution in [0.2, 0.25) is 0 Å². The second kappa shape index (κ2) is 7.38. The van der Waals surface area contributed by atoms with E-state index in [4.69, 9.17) is 0 Å². The zero-order valence-electron chi connectivity index (χ0n) is 13.2. The number of benzene rings is 1. The SMILES string of the molecule is CC(C)c1[nH]nc(C(=O)NCCc2ccccc2C(F)(F)F)c1Br. The normalized spacial score (nSPS) is 11.8. The Kier molecular flexibility index (Phi) is 5.69. The lowest BCUT2D eigenvalue weighted by molar-refractivity contribution is -0.138. The van der Waals surface area contributed by atoms with Gasteiger partial charge in [0.1, 0.15) is 0 Å². The van der Waals surface area contributed by atoms with Crippen LogP contribution in [0.5, 0.6) is 0 Å². The van der Waals surface area contributed by atoms with E-state index in [1.165, 1.54) is 12.1 Å². The van der Waals surface area contributed by atoms with Crippen molar-refractivity contribution in [3.8, 4) is 0 Å². The zero-order chi connectivity index (χ0) is 17.9. The van der Waals surface area contributed by atoms with Crippen molar-refractivity contribution in [2.45, 2.75) is 32.4 Å². The summed E-state index contributed by atoms with van der Waals surface area (Å²) in [6, 6.07) is 5.34. The van der Waals surface area contributed by atoms with Gasteiger partial charge < -0.3 is 5.32 Å². The molecule has 4 nitrogen and oxygen atoms in total. The quantitative estimate of drug-likeness (QED) is 0.782. The van der Waals surface area contributed by atoms with E-state index >= 15 is 0 Å². The Balaban J connectivity index is 2.02. The number of nitrogens with zero attached hydrogens (tertiary/aromatic N) is 1. The van der Waals surface area contributed by atoms with Gasteiger partial charge in [0.15, 0.2) is 5.69 Å². The van der Waals surface area contributed by atoms with Gasteiger partial charge in [-0.2, -0.15) is 18.3 Å². The summed E-state index contributed by atoms with van der Waals surface area (Å²) in [5.74, 6) is -0.276. The molecule has 2 aromatic rings. The maximum absolute atomic E-state index is 12.9. The smallest absolute Gasteiger partial charge is 0.350 e. The Morgan fingerprint density at radius 2 is 2.00 bits per heavy atom. The first-order chi connectivity index (χ1) is 11.2. The molecule has 0 spiro atoms. The van der Waals surface area contributed by atoms with Crippen molar-refractivity contribution in [2.24, 2.45) is 0 Å². The molecule has 0 bridgehead atoms. The van der Waals surface area contributed by atoms with Crippen molar-refractivity contribution in [3.05, 3.63) is 51.3 Å². The lowest BCUT2D eigenvalue weighted by Crippen LogP contribution is -2.27. The van der Waals surface area contributed by atoms with E-state index < -0.39 is 17.6 Å². The first-order valence-corrected chi connectivity index (χ1v) is 8.18. The first-order valence-electron chi connectivity index (χ1n) is 7.39. The second-order valence-corrected chi connectivity index (χ2v) is 6.41. The highest BCUT2D eigenvalue weighted by atomic mass is 79.9.